The van der Waals surface area contributed by atoms with Crippen molar-refractivity contribution in [3.63, 3.8) is 0 Å². The van der Waals surface area contributed by atoms with Gasteiger partial charge in [-0.2, -0.15) is 0 Å². The van der Waals surface area contributed by atoms with E-state index in [0.29, 0.717) is 38.5 Å². The normalized spacial score (nSPS) is 26.8. The minimum Gasteiger partial charge on any atom is -0.326 e. The Morgan fingerprint density at radius 3 is 2.03 bits per heavy atom. The summed E-state index contributed by atoms with van der Waals surface area (Å²) in [5.41, 5.74) is 3.17. The van der Waals surface area contributed by atoms with Crippen LogP contribution in [0.1, 0.15) is 49.7 Å². The molecule has 0 spiro atoms. The van der Waals surface area contributed by atoms with Crippen LogP contribution >= 0.6 is 0 Å². The van der Waals surface area contributed by atoms with Gasteiger partial charge in [0.05, 0.1) is 11.8 Å². The summed E-state index contributed by atoms with van der Waals surface area (Å²) in [7, 11) is 0. The highest BCUT2D eigenvalue weighted by molar-refractivity contribution is 6.05. The first-order valence-electron chi connectivity index (χ1n) is 11.9. The van der Waals surface area contributed by atoms with Crippen molar-refractivity contribution in [3.05, 3.63) is 72.1 Å². The topological polar surface area (TPSA) is 79.4 Å². The summed E-state index contributed by atoms with van der Waals surface area (Å²) in [5.74, 6) is -0.430. The molecule has 6 heteroatoms. The van der Waals surface area contributed by atoms with Gasteiger partial charge in [0.25, 0.3) is 0 Å². The molecule has 2 aliphatic carbocycles. The number of benzene rings is 1. The van der Waals surface area contributed by atoms with E-state index in [2.05, 4.69) is 10.3 Å². The molecule has 6 nitrogen and oxygen atoms in total. The molecule has 0 radical (unpaired) electrons. The number of likely N-dealkylation sites (tertiary alicyclic amines) is 1. The SMILES string of the molecule is O=C(Nc1ccc(Cc2ccncc2)cc1)C1CCC(N2C(=O)[C@H]3CC=CC[C@@H]3C2=O)CC1. The number of allylic oxidation sites excluding steroid dienone is 2. The number of aromatic nitrogens is 1. The lowest BCUT2D eigenvalue weighted by Crippen LogP contribution is -2.43. The Bertz CT molecular complexity index is 1030. The van der Waals surface area contributed by atoms with E-state index in [9.17, 15) is 14.4 Å². The molecule has 0 bridgehead atoms. The highest BCUT2D eigenvalue weighted by atomic mass is 16.2. The molecule has 2 aromatic rings. The summed E-state index contributed by atoms with van der Waals surface area (Å²) in [6.07, 6.45) is 12.6. The number of pyridine rings is 1. The van der Waals surface area contributed by atoms with Crippen LogP contribution in [0.25, 0.3) is 0 Å². The van der Waals surface area contributed by atoms with Gasteiger partial charge in [0.1, 0.15) is 0 Å². The molecule has 33 heavy (non-hydrogen) atoms. The van der Waals surface area contributed by atoms with Crippen LogP contribution in [0.2, 0.25) is 0 Å². The summed E-state index contributed by atoms with van der Waals surface area (Å²) in [4.78, 5) is 44.1. The Balaban J connectivity index is 1.14. The van der Waals surface area contributed by atoms with E-state index in [1.165, 1.54) is 16.0 Å². The summed E-state index contributed by atoms with van der Waals surface area (Å²) in [6, 6.07) is 11.9. The molecule has 2 fully saturated rings. The number of hydrogen-bond acceptors (Lipinski definition) is 4. The quantitative estimate of drug-likeness (QED) is 0.557. The molecule has 2 heterocycles. The smallest absolute Gasteiger partial charge is 0.233 e. The number of carbonyl (C=O) groups excluding carboxylic acids is 3. The van der Waals surface area contributed by atoms with E-state index < -0.39 is 0 Å². The molecule has 1 aromatic carbocycles. The van der Waals surface area contributed by atoms with Gasteiger partial charge in [-0.1, -0.05) is 24.3 Å². The molecule has 2 atom stereocenters. The fourth-order valence-corrected chi connectivity index (χ4v) is 5.47. The van der Waals surface area contributed by atoms with Crippen LogP contribution in [0.4, 0.5) is 5.69 Å². The van der Waals surface area contributed by atoms with Gasteiger partial charge in [-0.3, -0.25) is 24.3 Å². The third-order valence-corrected chi connectivity index (χ3v) is 7.35. The molecule has 0 unspecified atom stereocenters. The number of anilines is 1. The second-order valence-corrected chi connectivity index (χ2v) is 9.43. The number of nitrogens with one attached hydrogen (secondary N) is 1. The number of carbonyl (C=O) groups is 3. The predicted octanol–water partition coefficient (Wildman–Crippen LogP) is 4.12. The predicted molar refractivity (Wildman–Crippen MR) is 125 cm³/mol. The summed E-state index contributed by atoms with van der Waals surface area (Å²) in [5, 5.41) is 3.04. The molecule has 3 aliphatic rings. The fourth-order valence-electron chi connectivity index (χ4n) is 5.47. The molecule has 3 amide bonds. The summed E-state index contributed by atoms with van der Waals surface area (Å²) in [6.45, 7) is 0. The van der Waals surface area contributed by atoms with Crippen molar-refractivity contribution in [1.29, 1.82) is 0 Å². The van der Waals surface area contributed by atoms with Crippen LogP contribution in [-0.2, 0) is 20.8 Å². The minimum absolute atomic E-state index is 0.00546. The van der Waals surface area contributed by atoms with E-state index in [1.807, 2.05) is 48.6 Å². The summed E-state index contributed by atoms with van der Waals surface area (Å²) >= 11 is 0. The second-order valence-electron chi connectivity index (χ2n) is 9.43. The largest absolute Gasteiger partial charge is 0.326 e. The van der Waals surface area contributed by atoms with E-state index in [1.54, 1.807) is 12.4 Å². The van der Waals surface area contributed by atoms with Crippen LogP contribution < -0.4 is 5.32 Å². The van der Waals surface area contributed by atoms with Crippen molar-refractivity contribution in [2.75, 3.05) is 5.32 Å². The Morgan fingerprint density at radius 2 is 1.42 bits per heavy atom. The van der Waals surface area contributed by atoms with Crippen LogP contribution in [0.5, 0.6) is 0 Å². The first-order chi connectivity index (χ1) is 16.1. The van der Waals surface area contributed by atoms with Crippen molar-refractivity contribution in [3.8, 4) is 0 Å². The molecule has 170 valence electrons. The Morgan fingerprint density at radius 1 is 0.848 bits per heavy atom. The third kappa shape index (κ3) is 4.47. The number of imide groups is 1. The Hall–Kier alpha value is -3.28. The molecule has 1 N–H and O–H groups in total. The number of nitrogens with zero attached hydrogens (tertiary/aromatic N) is 2. The Labute approximate surface area is 194 Å². The number of fused-ring (bicyclic) bond motifs is 1. The fraction of sp³-hybridized carbons (Fsp3) is 0.407. The first kappa shape index (κ1) is 21.6. The van der Waals surface area contributed by atoms with Gasteiger partial charge < -0.3 is 5.32 Å². The lowest BCUT2D eigenvalue weighted by atomic mass is 9.84. The first-order valence-corrected chi connectivity index (χ1v) is 11.9. The molecule has 1 aromatic heterocycles. The molecule has 5 rings (SSSR count). The van der Waals surface area contributed by atoms with Gasteiger partial charge in [0.2, 0.25) is 17.7 Å². The van der Waals surface area contributed by atoms with Gasteiger partial charge in [0.15, 0.2) is 0 Å². The molecular weight excluding hydrogens is 414 g/mol. The number of amides is 3. The maximum absolute atomic E-state index is 12.8. The van der Waals surface area contributed by atoms with Gasteiger partial charge in [-0.25, -0.2) is 0 Å². The van der Waals surface area contributed by atoms with Crippen LogP contribution in [0.15, 0.2) is 60.9 Å². The third-order valence-electron chi connectivity index (χ3n) is 7.35. The number of hydrogen-bond donors (Lipinski definition) is 1. The lowest BCUT2D eigenvalue weighted by molar-refractivity contribution is -0.143. The maximum Gasteiger partial charge on any atom is 0.233 e. The zero-order chi connectivity index (χ0) is 22.8. The maximum atomic E-state index is 12.8. The highest BCUT2D eigenvalue weighted by Gasteiger charge is 2.50. The van der Waals surface area contributed by atoms with E-state index in [4.69, 9.17) is 0 Å². The van der Waals surface area contributed by atoms with Gasteiger partial charge in [-0.05, 0) is 80.3 Å². The van der Waals surface area contributed by atoms with Crippen molar-refractivity contribution in [2.45, 2.75) is 51.0 Å². The van der Waals surface area contributed by atoms with Crippen molar-refractivity contribution < 1.29 is 14.4 Å². The van der Waals surface area contributed by atoms with Crippen molar-refractivity contribution >= 4 is 23.4 Å². The van der Waals surface area contributed by atoms with E-state index >= 15 is 0 Å². The van der Waals surface area contributed by atoms with Gasteiger partial charge >= 0.3 is 0 Å². The zero-order valence-electron chi connectivity index (χ0n) is 18.7. The zero-order valence-corrected chi connectivity index (χ0v) is 18.7. The van der Waals surface area contributed by atoms with Crippen LogP contribution in [0.3, 0.4) is 0 Å². The van der Waals surface area contributed by atoms with Crippen LogP contribution in [-0.4, -0.2) is 33.6 Å². The minimum atomic E-state index is -0.176. The lowest BCUT2D eigenvalue weighted by Gasteiger charge is -2.33. The average Bonchev–Trinajstić information content (AvgIpc) is 3.11. The second kappa shape index (κ2) is 9.30. The van der Waals surface area contributed by atoms with Gasteiger partial charge in [0, 0.05) is 30.0 Å². The van der Waals surface area contributed by atoms with Gasteiger partial charge in [-0.15, -0.1) is 0 Å². The highest BCUT2D eigenvalue weighted by Crippen LogP contribution is 2.39. The Kier molecular flexibility index (Phi) is 6.07. The molecule has 1 aliphatic heterocycles. The molecule has 1 saturated carbocycles. The van der Waals surface area contributed by atoms with Crippen molar-refractivity contribution in [2.24, 2.45) is 17.8 Å². The van der Waals surface area contributed by atoms with E-state index in [-0.39, 0.29) is 41.5 Å². The number of rotatable bonds is 5. The van der Waals surface area contributed by atoms with Crippen molar-refractivity contribution in [1.82, 2.24) is 9.88 Å². The standard InChI is InChI=1S/C27H29N3O3/c31-25(29-21-9-5-18(6-10-21)17-19-13-15-28-16-14-19)20-7-11-22(12-8-20)30-26(32)23-3-1-2-4-24(23)27(30)33/h1-2,5-6,9-10,13-16,20,22-24H,3-4,7-8,11-12,17H2,(H,29,31)/t20?,22?,23-,24-/m0/s1. The van der Waals surface area contributed by atoms with E-state index in [0.717, 1.165) is 12.1 Å². The average molecular weight is 444 g/mol. The summed E-state index contributed by atoms with van der Waals surface area (Å²) < 4.78 is 0. The monoisotopic (exact) mass is 443 g/mol. The van der Waals surface area contributed by atoms with Crippen LogP contribution in [0, 0.1) is 17.8 Å². The molecule has 1 saturated heterocycles. The molecular formula is C27H29N3O3.